The maximum Gasteiger partial charge on any atom is 0.407 e. The number of halogens is 1. The van der Waals surface area contributed by atoms with Gasteiger partial charge in [0.2, 0.25) is 5.91 Å². The number of likely N-dealkylation sites (tertiary alicyclic amines) is 1. The topological polar surface area (TPSA) is 108 Å². The molecule has 1 aromatic rings. The number of alkyl carbamates (subject to hydrolysis) is 1. The molecule has 1 aromatic carbocycles. The lowest BCUT2D eigenvalue weighted by molar-refractivity contribution is -0.139. The zero-order chi connectivity index (χ0) is 23.7. The number of urea groups is 1. The van der Waals surface area contributed by atoms with E-state index in [1.165, 1.54) is 31.2 Å². The van der Waals surface area contributed by atoms with Gasteiger partial charge in [-0.1, -0.05) is 12.1 Å². The largest absolute Gasteiger partial charge is 0.444 e. The Morgan fingerprint density at radius 1 is 1.19 bits per heavy atom. The number of hydrogen-bond acceptors (Lipinski definition) is 5. The molecule has 5 amide bonds. The summed E-state index contributed by atoms with van der Waals surface area (Å²) >= 11 is 0. The van der Waals surface area contributed by atoms with Crippen molar-refractivity contribution in [2.24, 2.45) is 0 Å². The number of amides is 5. The van der Waals surface area contributed by atoms with E-state index in [1.54, 1.807) is 25.7 Å². The molecule has 2 aliphatic rings. The first-order valence-corrected chi connectivity index (χ1v) is 10.6. The molecule has 0 aliphatic carbocycles. The van der Waals surface area contributed by atoms with E-state index in [9.17, 15) is 23.6 Å². The van der Waals surface area contributed by atoms with Gasteiger partial charge in [-0.3, -0.25) is 14.5 Å². The summed E-state index contributed by atoms with van der Waals surface area (Å²) in [5.74, 6) is -1.37. The molecule has 2 saturated heterocycles. The molecule has 1 unspecified atom stereocenters. The van der Waals surface area contributed by atoms with Gasteiger partial charge in [-0.25, -0.2) is 14.0 Å². The average molecular weight is 448 g/mol. The van der Waals surface area contributed by atoms with E-state index in [0.717, 1.165) is 4.90 Å². The number of piperidine rings is 1. The molecule has 2 fully saturated rings. The summed E-state index contributed by atoms with van der Waals surface area (Å²) in [4.78, 5) is 52.5. The first-order valence-electron chi connectivity index (χ1n) is 10.6. The highest BCUT2D eigenvalue weighted by atomic mass is 19.1. The van der Waals surface area contributed by atoms with Gasteiger partial charge in [0.1, 0.15) is 23.5 Å². The normalized spacial score (nSPS) is 22.0. The molecule has 0 saturated carbocycles. The van der Waals surface area contributed by atoms with E-state index in [2.05, 4.69) is 10.6 Å². The highest BCUT2D eigenvalue weighted by Gasteiger charge is 2.49. The predicted molar refractivity (Wildman–Crippen MR) is 113 cm³/mol. The van der Waals surface area contributed by atoms with E-state index < -0.39 is 35.0 Å². The van der Waals surface area contributed by atoms with E-state index in [4.69, 9.17) is 4.74 Å². The van der Waals surface area contributed by atoms with Crippen LogP contribution in [0.25, 0.3) is 0 Å². The second-order valence-electron chi connectivity index (χ2n) is 9.25. The van der Waals surface area contributed by atoms with Crippen LogP contribution in [0.2, 0.25) is 0 Å². The molecular weight excluding hydrogens is 419 g/mol. The molecule has 174 valence electrons. The molecule has 0 spiro atoms. The smallest absolute Gasteiger partial charge is 0.407 e. The van der Waals surface area contributed by atoms with Crippen molar-refractivity contribution in [3.63, 3.8) is 0 Å². The first kappa shape index (κ1) is 23.5. The van der Waals surface area contributed by atoms with Gasteiger partial charge in [0.05, 0.1) is 0 Å². The van der Waals surface area contributed by atoms with E-state index >= 15 is 0 Å². The highest BCUT2D eigenvalue weighted by molar-refractivity contribution is 6.09. The maximum atomic E-state index is 13.2. The fourth-order valence-corrected chi connectivity index (χ4v) is 3.80. The van der Waals surface area contributed by atoms with Crippen LogP contribution in [0.1, 0.15) is 46.1 Å². The van der Waals surface area contributed by atoms with Crippen LogP contribution < -0.4 is 10.6 Å². The minimum atomic E-state index is -1.37. The van der Waals surface area contributed by atoms with Crippen LogP contribution in [-0.2, 0) is 19.9 Å². The standard InChI is InChI=1S/C22H29FN4O5/c1-21(2,3)32-20(31)24-16-9-11-26(12-10-16)17(28)13-27-18(29)22(4,25-19(27)30)14-5-7-15(23)8-6-14/h5-8,16H,9-13H2,1-4H3,(H,24,31)(H,25,30). The molecular formula is C22H29FN4O5. The third-order valence-electron chi connectivity index (χ3n) is 5.56. The Kier molecular flexibility index (Phi) is 6.43. The highest BCUT2D eigenvalue weighted by Crippen LogP contribution is 2.29. The van der Waals surface area contributed by atoms with Crippen molar-refractivity contribution in [3.8, 4) is 0 Å². The number of imide groups is 1. The molecule has 10 heteroatoms. The van der Waals surface area contributed by atoms with Crippen LogP contribution in [0.5, 0.6) is 0 Å². The average Bonchev–Trinajstić information content (AvgIpc) is 2.91. The summed E-state index contributed by atoms with van der Waals surface area (Å²) in [7, 11) is 0. The van der Waals surface area contributed by atoms with Crippen molar-refractivity contribution in [2.45, 2.75) is 57.7 Å². The Hall–Kier alpha value is -3.17. The van der Waals surface area contributed by atoms with Crippen LogP contribution in [0.4, 0.5) is 14.0 Å². The zero-order valence-corrected chi connectivity index (χ0v) is 18.7. The van der Waals surface area contributed by atoms with Gasteiger partial charge in [0, 0.05) is 19.1 Å². The lowest BCUT2D eigenvalue weighted by Crippen LogP contribution is -2.50. The number of rotatable bonds is 4. The number of carbonyl (C=O) groups is 4. The first-order chi connectivity index (χ1) is 14.9. The van der Waals surface area contributed by atoms with Crippen molar-refractivity contribution in [2.75, 3.05) is 19.6 Å². The zero-order valence-electron chi connectivity index (χ0n) is 18.7. The second-order valence-corrected chi connectivity index (χ2v) is 9.25. The van der Waals surface area contributed by atoms with Gasteiger partial charge in [-0.2, -0.15) is 0 Å². The van der Waals surface area contributed by atoms with Crippen LogP contribution in [-0.4, -0.2) is 65.0 Å². The van der Waals surface area contributed by atoms with Crippen molar-refractivity contribution in [3.05, 3.63) is 35.6 Å². The third-order valence-corrected chi connectivity index (χ3v) is 5.56. The van der Waals surface area contributed by atoms with E-state index in [1.807, 2.05) is 0 Å². The van der Waals surface area contributed by atoms with Gasteiger partial charge in [-0.15, -0.1) is 0 Å². The van der Waals surface area contributed by atoms with Crippen molar-refractivity contribution in [1.82, 2.24) is 20.4 Å². The number of ether oxygens (including phenoxy) is 1. The van der Waals surface area contributed by atoms with Crippen molar-refractivity contribution >= 4 is 23.9 Å². The summed E-state index contributed by atoms with van der Waals surface area (Å²) in [5, 5.41) is 5.40. The van der Waals surface area contributed by atoms with Crippen molar-refractivity contribution in [1.29, 1.82) is 0 Å². The van der Waals surface area contributed by atoms with Crippen LogP contribution in [0.15, 0.2) is 24.3 Å². The Bertz CT molecular complexity index is 906. The Labute approximate surface area is 186 Å². The lowest BCUT2D eigenvalue weighted by Gasteiger charge is -2.33. The minimum absolute atomic E-state index is 0.118. The molecule has 0 radical (unpaired) electrons. The van der Waals surface area contributed by atoms with Gasteiger partial charge >= 0.3 is 12.1 Å². The molecule has 2 aliphatic heterocycles. The monoisotopic (exact) mass is 448 g/mol. The quantitative estimate of drug-likeness (QED) is 0.686. The van der Waals surface area contributed by atoms with Gasteiger partial charge < -0.3 is 20.3 Å². The molecule has 1 atom stereocenters. The lowest BCUT2D eigenvalue weighted by atomic mass is 9.92. The maximum absolute atomic E-state index is 13.2. The number of hydrogen-bond donors (Lipinski definition) is 2. The SMILES string of the molecule is CC(C)(C)OC(=O)NC1CCN(C(=O)CN2C(=O)NC(C)(c3ccc(F)cc3)C2=O)CC1. The Morgan fingerprint density at radius 3 is 2.34 bits per heavy atom. The van der Waals surface area contributed by atoms with Crippen LogP contribution >= 0.6 is 0 Å². The second kappa shape index (κ2) is 8.76. The minimum Gasteiger partial charge on any atom is -0.444 e. The molecule has 2 N–H and O–H groups in total. The molecule has 3 rings (SSSR count). The van der Waals surface area contributed by atoms with Gasteiger partial charge in [-0.05, 0) is 58.2 Å². The number of nitrogens with zero attached hydrogens (tertiary/aromatic N) is 2. The Morgan fingerprint density at radius 2 is 1.78 bits per heavy atom. The summed E-state index contributed by atoms with van der Waals surface area (Å²) in [6.07, 6.45) is 0.582. The number of carbonyl (C=O) groups excluding carboxylic acids is 4. The summed E-state index contributed by atoms with van der Waals surface area (Å²) in [6, 6.07) is 4.50. The number of benzene rings is 1. The van der Waals surface area contributed by atoms with E-state index in [-0.39, 0.29) is 18.5 Å². The molecule has 0 bridgehead atoms. The van der Waals surface area contributed by atoms with Crippen molar-refractivity contribution < 1.29 is 28.3 Å². The molecule has 9 nitrogen and oxygen atoms in total. The Balaban J connectivity index is 1.55. The summed E-state index contributed by atoms with van der Waals surface area (Å²) < 4.78 is 18.5. The fraction of sp³-hybridized carbons (Fsp3) is 0.545. The number of nitrogens with one attached hydrogen (secondary N) is 2. The van der Waals surface area contributed by atoms with Crippen LogP contribution in [0.3, 0.4) is 0 Å². The summed E-state index contributed by atoms with van der Waals surface area (Å²) in [6.45, 7) is 7.26. The van der Waals surface area contributed by atoms with Gasteiger partial charge in [0.25, 0.3) is 5.91 Å². The predicted octanol–water partition coefficient (Wildman–Crippen LogP) is 2.11. The van der Waals surface area contributed by atoms with E-state index in [0.29, 0.717) is 31.5 Å². The summed E-state index contributed by atoms with van der Waals surface area (Å²) in [5.41, 5.74) is -1.53. The van der Waals surface area contributed by atoms with Gasteiger partial charge in [0.15, 0.2) is 0 Å². The van der Waals surface area contributed by atoms with Crippen LogP contribution in [0, 0.1) is 5.82 Å². The molecule has 0 aromatic heterocycles. The molecule has 32 heavy (non-hydrogen) atoms. The fourth-order valence-electron chi connectivity index (χ4n) is 3.80. The molecule has 2 heterocycles. The third kappa shape index (κ3) is 5.17.